The average Bonchev–Trinajstić information content (AvgIpc) is 2.68. The van der Waals surface area contributed by atoms with Crippen molar-refractivity contribution in [2.75, 3.05) is 31.6 Å². The molecule has 1 aliphatic rings. The van der Waals surface area contributed by atoms with E-state index in [0.717, 1.165) is 26.3 Å². The lowest BCUT2D eigenvalue weighted by atomic mass is 10.1. The van der Waals surface area contributed by atoms with Crippen molar-refractivity contribution < 1.29 is 13.9 Å². The predicted octanol–water partition coefficient (Wildman–Crippen LogP) is 3.54. The molecule has 1 heterocycles. The van der Waals surface area contributed by atoms with Crippen molar-refractivity contribution in [1.82, 2.24) is 10.2 Å². The molecule has 0 radical (unpaired) electrons. The number of rotatable bonds is 5. The van der Waals surface area contributed by atoms with Crippen LogP contribution >= 0.6 is 0 Å². The molecule has 0 spiro atoms. The number of amides is 2. The van der Waals surface area contributed by atoms with Gasteiger partial charge in [-0.1, -0.05) is 30.3 Å². The maximum atomic E-state index is 13.6. The van der Waals surface area contributed by atoms with Crippen LogP contribution in [-0.4, -0.2) is 37.2 Å². The van der Waals surface area contributed by atoms with Crippen LogP contribution in [0.4, 0.5) is 14.9 Å². The summed E-state index contributed by atoms with van der Waals surface area (Å²) in [6, 6.07) is 14.2. The van der Waals surface area contributed by atoms with E-state index in [9.17, 15) is 9.18 Å². The Balaban J connectivity index is 1.52. The van der Waals surface area contributed by atoms with Crippen LogP contribution in [0.3, 0.4) is 0 Å². The quantitative estimate of drug-likeness (QED) is 0.861. The first kappa shape index (κ1) is 18.4. The molecule has 1 atom stereocenters. The van der Waals surface area contributed by atoms with Crippen molar-refractivity contribution in [3.8, 4) is 0 Å². The minimum Gasteiger partial charge on any atom is -0.379 e. The van der Waals surface area contributed by atoms with Crippen LogP contribution in [0.1, 0.15) is 24.1 Å². The first-order chi connectivity index (χ1) is 12.6. The van der Waals surface area contributed by atoms with Gasteiger partial charge in [0.25, 0.3) is 0 Å². The number of ether oxygens (including phenoxy) is 1. The third-order valence-electron chi connectivity index (χ3n) is 4.64. The van der Waals surface area contributed by atoms with Crippen molar-refractivity contribution >= 4 is 11.7 Å². The molecule has 5 nitrogen and oxygen atoms in total. The van der Waals surface area contributed by atoms with Crippen molar-refractivity contribution in [1.29, 1.82) is 0 Å². The molecule has 0 bridgehead atoms. The van der Waals surface area contributed by atoms with Crippen LogP contribution < -0.4 is 10.6 Å². The number of nitrogens with one attached hydrogen (secondary N) is 2. The predicted molar refractivity (Wildman–Crippen MR) is 99.5 cm³/mol. The molecule has 2 aromatic rings. The second-order valence-electron chi connectivity index (χ2n) is 6.35. The molecule has 26 heavy (non-hydrogen) atoms. The Morgan fingerprint density at radius 2 is 1.85 bits per heavy atom. The summed E-state index contributed by atoms with van der Waals surface area (Å²) in [6.45, 7) is 5.72. The zero-order valence-corrected chi connectivity index (χ0v) is 14.9. The molecule has 2 N–H and O–H groups in total. The summed E-state index contributed by atoms with van der Waals surface area (Å²) >= 11 is 0. The fraction of sp³-hybridized carbons (Fsp3) is 0.350. The summed E-state index contributed by atoms with van der Waals surface area (Å²) in [6.07, 6.45) is 0. The molecule has 1 unspecified atom stereocenters. The Kier molecular flexibility index (Phi) is 6.20. The van der Waals surface area contributed by atoms with Crippen molar-refractivity contribution in [2.24, 2.45) is 0 Å². The fourth-order valence-corrected chi connectivity index (χ4v) is 3.01. The van der Waals surface area contributed by atoms with Gasteiger partial charge in [0.15, 0.2) is 0 Å². The lowest BCUT2D eigenvalue weighted by molar-refractivity contribution is 0.0198. The van der Waals surface area contributed by atoms with Crippen LogP contribution in [0.15, 0.2) is 48.5 Å². The standard InChI is InChI=1S/C20H24FN3O2/c1-15(24-10-12-26-13-11-24)16-6-8-18(9-7-16)23-20(25)22-14-17-4-2-3-5-19(17)21/h2-9,15H,10-14H2,1H3,(H2,22,23,25). The molecule has 1 fully saturated rings. The van der Waals surface area contributed by atoms with E-state index in [1.165, 1.54) is 11.6 Å². The first-order valence-corrected chi connectivity index (χ1v) is 8.83. The van der Waals surface area contributed by atoms with E-state index < -0.39 is 0 Å². The molecular formula is C20H24FN3O2. The summed E-state index contributed by atoms with van der Waals surface area (Å²) in [5.41, 5.74) is 2.36. The summed E-state index contributed by atoms with van der Waals surface area (Å²) < 4.78 is 18.9. The Bertz CT molecular complexity index is 730. The molecule has 0 aliphatic carbocycles. The summed E-state index contributed by atoms with van der Waals surface area (Å²) in [5.74, 6) is -0.325. The van der Waals surface area contributed by atoms with Gasteiger partial charge in [0.1, 0.15) is 5.82 Å². The van der Waals surface area contributed by atoms with Crippen LogP contribution in [0.25, 0.3) is 0 Å². The lowest BCUT2D eigenvalue weighted by Crippen LogP contribution is -2.38. The summed E-state index contributed by atoms with van der Waals surface area (Å²) in [5, 5.41) is 5.44. The number of halogens is 1. The van der Waals surface area contributed by atoms with Crippen molar-refractivity contribution in [3.63, 3.8) is 0 Å². The third-order valence-corrected chi connectivity index (χ3v) is 4.64. The van der Waals surface area contributed by atoms with Gasteiger partial charge < -0.3 is 15.4 Å². The van der Waals surface area contributed by atoms with Gasteiger partial charge in [-0.2, -0.15) is 0 Å². The number of nitrogens with zero attached hydrogens (tertiary/aromatic N) is 1. The number of urea groups is 1. The largest absolute Gasteiger partial charge is 0.379 e. The molecule has 1 saturated heterocycles. The maximum Gasteiger partial charge on any atom is 0.319 e. The van der Waals surface area contributed by atoms with Gasteiger partial charge in [-0.3, -0.25) is 4.90 Å². The highest BCUT2D eigenvalue weighted by Crippen LogP contribution is 2.22. The van der Waals surface area contributed by atoms with Crippen molar-refractivity contribution in [3.05, 3.63) is 65.5 Å². The highest BCUT2D eigenvalue weighted by atomic mass is 19.1. The zero-order chi connectivity index (χ0) is 18.4. The molecule has 2 aromatic carbocycles. The molecule has 2 amide bonds. The van der Waals surface area contributed by atoms with Crippen LogP contribution in [0, 0.1) is 5.82 Å². The minimum atomic E-state index is -0.359. The number of hydrogen-bond donors (Lipinski definition) is 2. The number of hydrogen-bond acceptors (Lipinski definition) is 3. The van der Waals surface area contributed by atoms with E-state index in [1.807, 2.05) is 24.3 Å². The fourth-order valence-electron chi connectivity index (χ4n) is 3.01. The normalized spacial score (nSPS) is 16.1. The first-order valence-electron chi connectivity index (χ1n) is 8.83. The van der Waals surface area contributed by atoms with E-state index in [2.05, 4.69) is 22.5 Å². The lowest BCUT2D eigenvalue weighted by Gasteiger charge is -2.32. The van der Waals surface area contributed by atoms with Crippen LogP contribution in [0.2, 0.25) is 0 Å². The smallest absolute Gasteiger partial charge is 0.319 e. The summed E-state index contributed by atoms with van der Waals surface area (Å²) in [4.78, 5) is 14.4. The number of anilines is 1. The Morgan fingerprint density at radius 1 is 1.15 bits per heavy atom. The van der Waals surface area contributed by atoms with Crippen molar-refractivity contribution in [2.45, 2.75) is 19.5 Å². The number of benzene rings is 2. The van der Waals surface area contributed by atoms with E-state index in [-0.39, 0.29) is 18.4 Å². The van der Waals surface area contributed by atoms with Gasteiger partial charge >= 0.3 is 6.03 Å². The SMILES string of the molecule is CC(c1ccc(NC(=O)NCc2ccccc2F)cc1)N1CCOCC1. The van der Waals surface area contributed by atoms with Gasteiger partial charge in [-0.05, 0) is 30.7 Å². The number of carbonyl (C=O) groups excluding carboxylic acids is 1. The van der Waals surface area contributed by atoms with Gasteiger partial charge in [-0.15, -0.1) is 0 Å². The number of carbonyl (C=O) groups is 1. The van der Waals surface area contributed by atoms with Gasteiger partial charge in [0.05, 0.1) is 13.2 Å². The Labute approximate surface area is 153 Å². The Hall–Kier alpha value is -2.44. The zero-order valence-electron chi connectivity index (χ0n) is 14.9. The highest BCUT2D eigenvalue weighted by molar-refractivity contribution is 5.89. The molecule has 0 saturated carbocycles. The average molecular weight is 357 g/mol. The van der Waals surface area contributed by atoms with Gasteiger partial charge in [0.2, 0.25) is 0 Å². The molecule has 3 rings (SSSR count). The second kappa shape index (κ2) is 8.78. The third kappa shape index (κ3) is 4.80. The number of morpholine rings is 1. The Morgan fingerprint density at radius 3 is 2.54 bits per heavy atom. The van der Waals surface area contributed by atoms with Gasteiger partial charge in [0, 0.05) is 36.9 Å². The molecule has 1 aliphatic heterocycles. The highest BCUT2D eigenvalue weighted by Gasteiger charge is 2.18. The minimum absolute atomic E-state index is 0.144. The van der Waals surface area contributed by atoms with E-state index in [0.29, 0.717) is 17.3 Å². The van der Waals surface area contributed by atoms with E-state index in [1.54, 1.807) is 18.2 Å². The monoisotopic (exact) mass is 357 g/mol. The molecule has 138 valence electrons. The van der Waals surface area contributed by atoms with Crippen LogP contribution in [-0.2, 0) is 11.3 Å². The van der Waals surface area contributed by atoms with Gasteiger partial charge in [-0.25, -0.2) is 9.18 Å². The second-order valence-corrected chi connectivity index (χ2v) is 6.35. The molecular weight excluding hydrogens is 333 g/mol. The van der Waals surface area contributed by atoms with E-state index in [4.69, 9.17) is 4.74 Å². The molecule has 6 heteroatoms. The molecule has 0 aromatic heterocycles. The maximum absolute atomic E-state index is 13.6. The van der Waals surface area contributed by atoms with E-state index >= 15 is 0 Å². The summed E-state index contributed by atoms with van der Waals surface area (Å²) in [7, 11) is 0. The van der Waals surface area contributed by atoms with Crippen LogP contribution in [0.5, 0.6) is 0 Å². The topological polar surface area (TPSA) is 53.6 Å².